The molecule has 2 aromatic rings. The third-order valence-corrected chi connectivity index (χ3v) is 5.06. The van der Waals surface area contributed by atoms with Gasteiger partial charge in [0, 0.05) is 24.2 Å². The van der Waals surface area contributed by atoms with Crippen LogP contribution in [0.2, 0.25) is 0 Å². The fourth-order valence-corrected chi connectivity index (χ4v) is 3.41. The van der Waals surface area contributed by atoms with Gasteiger partial charge in [0.1, 0.15) is 0 Å². The second kappa shape index (κ2) is 10.4. The fraction of sp³-hybridized carbons (Fsp3) is 0.304. The van der Waals surface area contributed by atoms with E-state index in [0.717, 1.165) is 17.7 Å². The molecule has 1 aliphatic rings. The molecule has 0 aliphatic carbocycles. The minimum absolute atomic E-state index is 0.0170. The Balaban J connectivity index is 1.55. The molecule has 0 spiro atoms. The topological polar surface area (TPSA) is 105 Å². The van der Waals surface area contributed by atoms with Crippen LogP contribution >= 0.6 is 0 Å². The molecule has 1 fully saturated rings. The number of rotatable bonds is 8. The number of methoxy groups -OCH3 is 1. The lowest BCUT2D eigenvalue weighted by Gasteiger charge is -2.18. The summed E-state index contributed by atoms with van der Waals surface area (Å²) in [6.07, 6.45) is 1.35. The highest BCUT2D eigenvalue weighted by Crippen LogP contribution is 2.21. The van der Waals surface area contributed by atoms with E-state index < -0.39 is 23.8 Å². The second-order valence-corrected chi connectivity index (χ2v) is 7.19. The molecule has 31 heavy (non-hydrogen) atoms. The van der Waals surface area contributed by atoms with Crippen molar-refractivity contribution in [2.45, 2.75) is 25.3 Å². The maximum atomic E-state index is 12.4. The Labute approximate surface area is 180 Å². The molecule has 0 bridgehead atoms. The summed E-state index contributed by atoms with van der Waals surface area (Å²) >= 11 is 0. The maximum Gasteiger partial charge on any atom is 0.307 e. The summed E-state index contributed by atoms with van der Waals surface area (Å²) in [7, 11) is 1.29. The van der Waals surface area contributed by atoms with E-state index in [0.29, 0.717) is 18.5 Å². The number of hydrogen-bond acceptors (Lipinski definition) is 5. The highest BCUT2D eigenvalue weighted by atomic mass is 16.5. The van der Waals surface area contributed by atoms with Crippen LogP contribution in [0.4, 0.5) is 5.69 Å². The monoisotopic (exact) mass is 423 g/mol. The Morgan fingerprint density at radius 1 is 1.06 bits per heavy atom. The van der Waals surface area contributed by atoms with E-state index >= 15 is 0 Å². The van der Waals surface area contributed by atoms with Crippen LogP contribution in [0, 0.1) is 0 Å². The number of esters is 1. The molecule has 8 heteroatoms. The van der Waals surface area contributed by atoms with Crippen LogP contribution < -0.4 is 15.5 Å². The van der Waals surface area contributed by atoms with Gasteiger partial charge in [-0.05, 0) is 36.2 Å². The van der Waals surface area contributed by atoms with Crippen LogP contribution in [-0.2, 0) is 19.1 Å². The van der Waals surface area contributed by atoms with Gasteiger partial charge in [0.25, 0.3) is 5.91 Å². The van der Waals surface area contributed by atoms with Gasteiger partial charge in [-0.1, -0.05) is 30.3 Å². The van der Waals surface area contributed by atoms with Crippen LogP contribution in [0.1, 0.15) is 41.2 Å². The lowest BCUT2D eigenvalue weighted by molar-refractivity contribution is -0.141. The number of hydrogen-bond donors (Lipinski definition) is 2. The van der Waals surface area contributed by atoms with Gasteiger partial charge in [-0.3, -0.25) is 19.2 Å². The molecule has 3 amide bonds. The van der Waals surface area contributed by atoms with Gasteiger partial charge in [0.15, 0.2) is 0 Å². The largest absolute Gasteiger partial charge is 0.469 e. The van der Waals surface area contributed by atoms with Crippen molar-refractivity contribution in [1.82, 2.24) is 10.6 Å². The number of anilines is 1. The van der Waals surface area contributed by atoms with Crippen molar-refractivity contribution in [2.75, 3.05) is 25.1 Å². The highest BCUT2D eigenvalue weighted by Gasteiger charge is 2.22. The smallest absolute Gasteiger partial charge is 0.307 e. The van der Waals surface area contributed by atoms with E-state index in [9.17, 15) is 19.2 Å². The van der Waals surface area contributed by atoms with Crippen molar-refractivity contribution in [3.8, 4) is 0 Å². The Hall–Kier alpha value is -3.68. The van der Waals surface area contributed by atoms with Crippen LogP contribution in [0.25, 0.3) is 0 Å². The zero-order chi connectivity index (χ0) is 22.2. The van der Waals surface area contributed by atoms with Gasteiger partial charge in [-0.25, -0.2) is 0 Å². The number of carbonyl (C=O) groups excluding carboxylic acids is 4. The zero-order valence-corrected chi connectivity index (χ0v) is 17.3. The third kappa shape index (κ3) is 5.91. The molecule has 2 N–H and O–H groups in total. The van der Waals surface area contributed by atoms with E-state index in [2.05, 4.69) is 10.6 Å². The van der Waals surface area contributed by atoms with Gasteiger partial charge in [-0.2, -0.15) is 0 Å². The quantitative estimate of drug-likeness (QED) is 0.632. The van der Waals surface area contributed by atoms with E-state index in [1.807, 2.05) is 18.2 Å². The summed E-state index contributed by atoms with van der Waals surface area (Å²) in [6, 6.07) is 15.2. The maximum absolute atomic E-state index is 12.4. The molecule has 3 rings (SSSR count). The number of amides is 3. The zero-order valence-electron chi connectivity index (χ0n) is 17.3. The number of carbonyl (C=O) groups is 4. The first kappa shape index (κ1) is 22.0. The molecule has 1 saturated heterocycles. The summed E-state index contributed by atoms with van der Waals surface area (Å²) in [5, 5.41) is 5.33. The summed E-state index contributed by atoms with van der Waals surface area (Å²) < 4.78 is 4.71. The summed E-state index contributed by atoms with van der Waals surface area (Å²) in [6.45, 7) is 0.439. The van der Waals surface area contributed by atoms with E-state index in [1.165, 1.54) is 7.11 Å². The first-order chi connectivity index (χ1) is 15.0. The first-order valence-corrected chi connectivity index (χ1v) is 10.1. The molecule has 162 valence electrons. The summed E-state index contributed by atoms with van der Waals surface area (Å²) in [5.74, 6) is -1.20. The van der Waals surface area contributed by atoms with Crippen molar-refractivity contribution < 1.29 is 23.9 Å². The molecule has 1 unspecified atom stereocenters. The first-order valence-electron chi connectivity index (χ1n) is 10.1. The minimum Gasteiger partial charge on any atom is -0.469 e. The van der Waals surface area contributed by atoms with Crippen molar-refractivity contribution in [1.29, 1.82) is 0 Å². The van der Waals surface area contributed by atoms with E-state index in [-0.39, 0.29) is 18.9 Å². The molecular formula is C23H25N3O5. The number of nitrogens with one attached hydrogen (secondary N) is 2. The standard InChI is InChI=1S/C23H25N3O5/c1-31-22(29)14-19(16-6-3-2-4-7-16)25-20(27)15-24-23(30)17-9-11-18(12-10-17)26-13-5-8-21(26)28/h2-4,6-7,9-12,19H,5,8,13-15H2,1H3,(H,24,30)(H,25,27). The number of benzene rings is 2. The molecule has 1 heterocycles. The Morgan fingerprint density at radius 3 is 2.39 bits per heavy atom. The minimum atomic E-state index is -0.560. The van der Waals surface area contributed by atoms with Crippen LogP contribution in [-0.4, -0.2) is 43.9 Å². The van der Waals surface area contributed by atoms with Gasteiger partial charge >= 0.3 is 5.97 Å². The van der Waals surface area contributed by atoms with Gasteiger partial charge in [0.2, 0.25) is 11.8 Å². The molecule has 1 atom stereocenters. The Bertz CT molecular complexity index is 943. The van der Waals surface area contributed by atoms with Gasteiger partial charge in [0.05, 0.1) is 26.1 Å². The molecule has 0 aromatic heterocycles. The predicted molar refractivity (Wildman–Crippen MR) is 114 cm³/mol. The van der Waals surface area contributed by atoms with Crippen molar-refractivity contribution in [2.24, 2.45) is 0 Å². The predicted octanol–water partition coefficient (Wildman–Crippen LogP) is 1.96. The molecule has 0 radical (unpaired) electrons. The van der Waals surface area contributed by atoms with Crippen LogP contribution in [0.3, 0.4) is 0 Å². The normalized spacial score (nSPS) is 14.1. The Morgan fingerprint density at radius 2 is 1.77 bits per heavy atom. The number of ether oxygens (including phenoxy) is 1. The number of nitrogens with zero attached hydrogens (tertiary/aromatic N) is 1. The summed E-state index contributed by atoms with van der Waals surface area (Å²) in [5.41, 5.74) is 1.90. The van der Waals surface area contributed by atoms with E-state index in [1.54, 1.807) is 41.3 Å². The van der Waals surface area contributed by atoms with Gasteiger partial charge in [-0.15, -0.1) is 0 Å². The average molecular weight is 423 g/mol. The lowest BCUT2D eigenvalue weighted by Crippen LogP contribution is -2.39. The molecule has 0 saturated carbocycles. The molecule has 1 aliphatic heterocycles. The van der Waals surface area contributed by atoms with Gasteiger partial charge < -0.3 is 20.3 Å². The van der Waals surface area contributed by atoms with Crippen LogP contribution in [0.5, 0.6) is 0 Å². The fourth-order valence-electron chi connectivity index (χ4n) is 3.41. The highest BCUT2D eigenvalue weighted by molar-refractivity contribution is 5.98. The van der Waals surface area contributed by atoms with E-state index in [4.69, 9.17) is 4.74 Å². The molecular weight excluding hydrogens is 398 g/mol. The second-order valence-electron chi connectivity index (χ2n) is 7.19. The van der Waals surface area contributed by atoms with Crippen molar-refractivity contribution in [3.05, 3.63) is 65.7 Å². The Kier molecular flexibility index (Phi) is 7.37. The van der Waals surface area contributed by atoms with Crippen molar-refractivity contribution in [3.63, 3.8) is 0 Å². The van der Waals surface area contributed by atoms with Crippen LogP contribution in [0.15, 0.2) is 54.6 Å². The lowest BCUT2D eigenvalue weighted by atomic mass is 10.0. The molecule has 2 aromatic carbocycles. The summed E-state index contributed by atoms with van der Waals surface area (Å²) in [4.78, 5) is 50.0. The molecule has 8 nitrogen and oxygen atoms in total. The third-order valence-electron chi connectivity index (χ3n) is 5.06. The average Bonchev–Trinajstić information content (AvgIpc) is 3.23. The SMILES string of the molecule is COC(=O)CC(NC(=O)CNC(=O)c1ccc(N2CCCC2=O)cc1)c1ccccc1. The van der Waals surface area contributed by atoms with Crippen molar-refractivity contribution >= 4 is 29.4 Å².